The Morgan fingerprint density at radius 2 is 1.82 bits per heavy atom. The van der Waals surface area contributed by atoms with Crippen LogP contribution < -0.4 is 14.8 Å². The van der Waals surface area contributed by atoms with Crippen LogP contribution in [0.5, 0.6) is 11.5 Å². The van der Waals surface area contributed by atoms with Gasteiger partial charge in [0, 0.05) is 10.9 Å². The highest BCUT2D eigenvalue weighted by Crippen LogP contribution is 2.25. The van der Waals surface area contributed by atoms with Crippen molar-refractivity contribution in [3.8, 4) is 22.1 Å². The van der Waals surface area contributed by atoms with E-state index in [1.807, 2.05) is 61.7 Å². The summed E-state index contributed by atoms with van der Waals surface area (Å²) >= 11 is 1.55. The Balaban J connectivity index is 1.55. The number of hydrogen-bond donors (Lipinski definition) is 1. The number of amides is 1. The van der Waals surface area contributed by atoms with Crippen molar-refractivity contribution in [1.29, 1.82) is 0 Å². The van der Waals surface area contributed by atoms with Crippen LogP contribution in [0.4, 0.5) is 0 Å². The highest BCUT2D eigenvalue weighted by atomic mass is 32.1. The summed E-state index contributed by atoms with van der Waals surface area (Å²) in [7, 11) is 1.64. The molecule has 1 heterocycles. The van der Waals surface area contributed by atoms with Crippen molar-refractivity contribution in [2.45, 2.75) is 33.4 Å². The van der Waals surface area contributed by atoms with Crippen molar-refractivity contribution >= 4 is 17.2 Å². The normalized spacial score (nSPS) is 11.7. The third kappa shape index (κ3) is 4.89. The van der Waals surface area contributed by atoms with Crippen molar-refractivity contribution in [1.82, 2.24) is 10.3 Å². The number of methoxy groups -OCH3 is 1. The van der Waals surface area contributed by atoms with Crippen LogP contribution in [-0.4, -0.2) is 24.1 Å². The predicted octanol–water partition coefficient (Wildman–Crippen LogP) is 4.52. The summed E-state index contributed by atoms with van der Waals surface area (Å²) in [6.45, 7) is 6.18. The van der Waals surface area contributed by atoms with E-state index in [0.717, 1.165) is 27.6 Å². The molecule has 0 aliphatic rings. The largest absolute Gasteiger partial charge is 0.497 e. The Hall–Kier alpha value is -2.86. The summed E-state index contributed by atoms with van der Waals surface area (Å²) in [6, 6.07) is 13.6. The highest BCUT2D eigenvalue weighted by molar-refractivity contribution is 7.13. The van der Waals surface area contributed by atoms with Gasteiger partial charge in [-0.2, -0.15) is 0 Å². The van der Waals surface area contributed by atoms with Gasteiger partial charge in [0.25, 0.3) is 5.91 Å². The van der Waals surface area contributed by atoms with Crippen LogP contribution in [0, 0.1) is 13.8 Å². The van der Waals surface area contributed by atoms with Crippen molar-refractivity contribution in [3.63, 3.8) is 0 Å². The van der Waals surface area contributed by atoms with E-state index in [4.69, 9.17) is 9.47 Å². The summed E-state index contributed by atoms with van der Waals surface area (Å²) in [5.74, 6) is 1.34. The smallest absolute Gasteiger partial charge is 0.261 e. The van der Waals surface area contributed by atoms with Crippen LogP contribution in [0.25, 0.3) is 10.6 Å². The fourth-order valence-corrected chi connectivity index (χ4v) is 3.45. The number of aryl methyl sites for hydroxylation is 2. The van der Waals surface area contributed by atoms with Crippen LogP contribution >= 0.6 is 11.3 Å². The van der Waals surface area contributed by atoms with Gasteiger partial charge in [0.15, 0.2) is 6.10 Å². The third-order valence-electron chi connectivity index (χ3n) is 4.49. The number of nitrogens with zero attached hydrogens (tertiary/aromatic N) is 1. The number of carbonyl (C=O) groups is 1. The Kier molecular flexibility index (Phi) is 6.31. The second-order valence-corrected chi connectivity index (χ2v) is 7.45. The SMILES string of the molecule is COc1ccc(-c2nc(CNC(=O)[C@H](C)Oc3ccc(C)c(C)c3)cs2)cc1. The zero-order valence-electron chi connectivity index (χ0n) is 16.5. The maximum atomic E-state index is 12.3. The zero-order valence-corrected chi connectivity index (χ0v) is 17.3. The minimum atomic E-state index is -0.582. The molecule has 0 aliphatic heterocycles. The van der Waals surface area contributed by atoms with Gasteiger partial charge in [-0.3, -0.25) is 4.79 Å². The van der Waals surface area contributed by atoms with E-state index in [0.29, 0.717) is 12.3 Å². The van der Waals surface area contributed by atoms with Crippen LogP contribution in [0.3, 0.4) is 0 Å². The second kappa shape index (κ2) is 8.89. The molecule has 1 atom stereocenters. The van der Waals surface area contributed by atoms with E-state index >= 15 is 0 Å². The van der Waals surface area contributed by atoms with E-state index in [-0.39, 0.29) is 5.91 Å². The predicted molar refractivity (Wildman–Crippen MR) is 112 cm³/mol. The Morgan fingerprint density at radius 1 is 1.11 bits per heavy atom. The highest BCUT2D eigenvalue weighted by Gasteiger charge is 2.15. The van der Waals surface area contributed by atoms with Crippen molar-refractivity contribution in [3.05, 3.63) is 64.7 Å². The van der Waals surface area contributed by atoms with Gasteiger partial charge in [0.1, 0.15) is 16.5 Å². The molecule has 0 aliphatic carbocycles. The number of nitrogens with one attached hydrogen (secondary N) is 1. The summed E-state index contributed by atoms with van der Waals surface area (Å²) in [4.78, 5) is 16.9. The molecule has 1 amide bonds. The average molecular weight is 397 g/mol. The monoisotopic (exact) mass is 396 g/mol. The summed E-state index contributed by atoms with van der Waals surface area (Å²) in [6.07, 6.45) is -0.582. The lowest BCUT2D eigenvalue weighted by Gasteiger charge is -2.15. The van der Waals surface area contributed by atoms with Gasteiger partial charge in [-0.1, -0.05) is 6.07 Å². The molecule has 5 nitrogen and oxygen atoms in total. The molecule has 0 spiro atoms. The molecule has 1 N–H and O–H groups in total. The number of hydrogen-bond acceptors (Lipinski definition) is 5. The van der Waals surface area contributed by atoms with E-state index in [2.05, 4.69) is 10.3 Å². The standard InChI is InChI=1S/C22H24N2O3S/c1-14-5-8-20(11-15(14)2)27-16(3)21(25)23-12-18-13-28-22(24-18)17-6-9-19(26-4)10-7-17/h5-11,13,16H,12H2,1-4H3,(H,23,25)/t16-/m0/s1. The molecule has 0 radical (unpaired) electrons. The van der Waals surface area contributed by atoms with E-state index in [9.17, 15) is 4.79 Å². The van der Waals surface area contributed by atoms with E-state index < -0.39 is 6.10 Å². The molecule has 2 aromatic carbocycles. The lowest BCUT2D eigenvalue weighted by atomic mass is 10.1. The molecular weight excluding hydrogens is 372 g/mol. The Labute approximate surface area is 169 Å². The molecule has 0 fully saturated rings. The fourth-order valence-electron chi connectivity index (χ4n) is 2.62. The molecule has 0 bridgehead atoms. The van der Waals surface area contributed by atoms with Gasteiger partial charge in [0.05, 0.1) is 19.3 Å². The van der Waals surface area contributed by atoms with Crippen molar-refractivity contribution in [2.24, 2.45) is 0 Å². The summed E-state index contributed by atoms with van der Waals surface area (Å²) in [5.41, 5.74) is 4.18. The number of carbonyl (C=O) groups excluding carboxylic acids is 1. The number of aromatic nitrogens is 1. The summed E-state index contributed by atoms with van der Waals surface area (Å²) < 4.78 is 10.9. The third-order valence-corrected chi connectivity index (χ3v) is 5.43. The Morgan fingerprint density at radius 3 is 2.50 bits per heavy atom. The van der Waals surface area contributed by atoms with E-state index in [1.165, 1.54) is 5.56 Å². The van der Waals surface area contributed by atoms with Crippen LogP contribution in [0.2, 0.25) is 0 Å². The number of thiazole rings is 1. The lowest BCUT2D eigenvalue weighted by Crippen LogP contribution is -2.36. The molecule has 3 aromatic rings. The first-order valence-corrected chi connectivity index (χ1v) is 9.94. The minimum Gasteiger partial charge on any atom is -0.497 e. The van der Waals surface area contributed by atoms with E-state index in [1.54, 1.807) is 25.4 Å². The lowest BCUT2D eigenvalue weighted by molar-refractivity contribution is -0.127. The fraction of sp³-hybridized carbons (Fsp3) is 0.273. The average Bonchev–Trinajstić information content (AvgIpc) is 3.18. The maximum absolute atomic E-state index is 12.3. The van der Waals surface area contributed by atoms with Crippen molar-refractivity contribution in [2.75, 3.05) is 7.11 Å². The first-order chi connectivity index (χ1) is 13.5. The molecule has 3 rings (SSSR count). The van der Waals surface area contributed by atoms with Gasteiger partial charge in [-0.05, 0) is 68.3 Å². The molecule has 1 aromatic heterocycles. The Bertz CT molecular complexity index is 951. The molecule has 6 heteroatoms. The van der Waals surface area contributed by atoms with Crippen LogP contribution in [-0.2, 0) is 11.3 Å². The maximum Gasteiger partial charge on any atom is 0.261 e. The number of benzene rings is 2. The van der Waals surface area contributed by atoms with Gasteiger partial charge in [0.2, 0.25) is 0 Å². The van der Waals surface area contributed by atoms with Crippen LogP contribution in [0.15, 0.2) is 47.8 Å². The van der Waals surface area contributed by atoms with Crippen molar-refractivity contribution < 1.29 is 14.3 Å². The van der Waals surface area contributed by atoms with Gasteiger partial charge in [-0.15, -0.1) is 11.3 Å². The molecule has 146 valence electrons. The summed E-state index contributed by atoms with van der Waals surface area (Å²) in [5, 5.41) is 5.75. The van der Waals surface area contributed by atoms with Gasteiger partial charge >= 0.3 is 0 Å². The molecular formula is C22H24N2O3S. The number of rotatable bonds is 7. The minimum absolute atomic E-state index is 0.169. The van der Waals surface area contributed by atoms with Crippen LogP contribution in [0.1, 0.15) is 23.7 Å². The molecule has 0 saturated heterocycles. The first-order valence-electron chi connectivity index (χ1n) is 9.06. The van der Waals surface area contributed by atoms with Gasteiger partial charge in [-0.25, -0.2) is 4.98 Å². The second-order valence-electron chi connectivity index (χ2n) is 6.60. The first kappa shape index (κ1) is 19.9. The molecule has 28 heavy (non-hydrogen) atoms. The topological polar surface area (TPSA) is 60.5 Å². The zero-order chi connectivity index (χ0) is 20.1. The van der Waals surface area contributed by atoms with Gasteiger partial charge < -0.3 is 14.8 Å². The molecule has 0 unspecified atom stereocenters. The quantitative estimate of drug-likeness (QED) is 0.638. The number of ether oxygens (including phenoxy) is 2. The molecule has 0 saturated carbocycles.